The Balaban J connectivity index is 2.13. The van der Waals surface area contributed by atoms with E-state index in [0.29, 0.717) is 25.3 Å². The van der Waals surface area contributed by atoms with Gasteiger partial charge in [0.1, 0.15) is 5.82 Å². The van der Waals surface area contributed by atoms with Gasteiger partial charge in [-0.3, -0.25) is 4.79 Å². The van der Waals surface area contributed by atoms with Crippen molar-refractivity contribution in [3.63, 3.8) is 0 Å². The number of nitrogens with one attached hydrogen (secondary N) is 1. The van der Waals surface area contributed by atoms with Crippen molar-refractivity contribution < 1.29 is 14.3 Å². The molecule has 0 heterocycles. The molecule has 2 aromatic carbocycles. The van der Waals surface area contributed by atoms with Crippen LogP contribution in [0.3, 0.4) is 0 Å². The second kappa shape index (κ2) is 8.29. The Morgan fingerprint density at radius 1 is 1.17 bits per heavy atom. The first-order valence-electron chi connectivity index (χ1n) is 7.60. The van der Waals surface area contributed by atoms with Gasteiger partial charge in [-0.05, 0) is 30.2 Å². The van der Waals surface area contributed by atoms with Crippen LogP contribution >= 0.6 is 0 Å². The van der Waals surface area contributed by atoms with Crippen LogP contribution in [0.4, 0.5) is 10.1 Å². The van der Waals surface area contributed by atoms with E-state index in [4.69, 9.17) is 5.11 Å². The number of carboxylic acids is 1. The molecule has 0 aromatic heterocycles. The molecule has 23 heavy (non-hydrogen) atoms. The van der Waals surface area contributed by atoms with Crippen LogP contribution in [0.25, 0.3) is 0 Å². The Morgan fingerprint density at radius 2 is 1.91 bits per heavy atom. The van der Waals surface area contributed by atoms with Gasteiger partial charge in [0.15, 0.2) is 0 Å². The minimum absolute atomic E-state index is 0.117. The summed E-state index contributed by atoms with van der Waals surface area (Å²) in [6.45, 7) is 3.56. The van der Waals surface area contributed by atoms with Crippen LogP contribution in [0.15, 0.2) is 48.5 Å². The topological polar surface area (TPSA) is 52.6 Å². The predicted molar refractivity (Wildman–Crippen MR) is 88.9 cm³/mol. The summed E-state index contributed by atoms with van der Waals surface area (Å²) in [6.07, 6.45) is 0. The molecule has 0 fully saturated rings. The highest BCUT2D eigenvalue weighted by atomic mass is 19.1. The van der Waals surface area contributed by atoms with E-state index >= 15 is 0 Å². The van der Waals surface area contributed by atoms with E-state index in [9.17, 15) is 9.18 Å². The van der Waals surface area contributed by atoms with E-state index < -0.39 is 5.97 Å². The summed E-state index contributed by atoms with van der Waals surface area (Å²) in [5, 5.41) is 11.5. The lowest BCUT2D eigenvalue weighted by atomic mass is 10.1. The van der Waals surface area contributed by atoms with Crippen LogP contribution in [0.1, 0.15) is 18.1 Å². The van der Waals surface area contributed by atoms with Crippen LogP contribution in [0.5, 0.6) is 0 Å². The lowest BCUT2D eigenvalue weighted by Crippen LogP contribution is -2.24. The van der Waals surface area contributed by atoms with Gasteiger partial charge in [0.05, 0.1) is 12.2 Å². The van der Waals surface area contributed by atoms with E-state index in [-0.39, 0.29) is 12.4 Å². The van der Waals surface area contributed by atoms with Crippen molar-refractivity contribution in [1.29, 1.82) is 0 Å². The molecule has 2 N–H and O–H groups in total. The van der Waals surface area contributed by atoms with E-state index in [1.165, 1.54) is 6.07 Å². The number of carbonyl (C=O) groups is 1. The van der Waals surface area contributed by atoms with Gasteiger partial charge in [0, 0.05) is 19.6 Å². The first kappa shape index (κ1) is 17.0. The van der Waals surface area contributed by atoms with Gasteiger partial charge in [-0.1, -0.05) is 36.4 Å². The number of anilines is 1. The Bertz CT molecular complexity index is 647. The molecule has 0 bridgehead atoms. The van der Waals surface area contributed by atoms with Gasteiger partial charge in [0.2, 0.25) is 0 Å². The molecule has 0 radical (unpaired) electrons. The predicted octanol–water partition coefficient (Wildman–Crippen LogP) is 3.03. The molecule has 0 aliphatic heterocycles. The Labute approximate surface area is 135 Å². The van der Waals surface area contributed by atoms with Crippen LogP contribution in [-0.4, -0.2) is 24.2 Å². The Kier molecular flexibility index (Phi) is 6.11. The van der Waals surface area contributed by atoms with E-state index in [2.05, 4.69) is 5.32 Å². The van der Waals surface area contributed by atoms with Gasteiger partial charge < -0.3 is 15.3 Å². The zero-order chi connectivity index (χ0) is 16.7. The molecule has 0 saturated heterocycles. The molecule has 0 unspecified atom stereocenters. The smallest absolute Gasteiger partial charge is 0.317 e. The van der Waals surface area contributed by atoms with Crippen molar-refractivity contribution in [2.45, 2.75) is 20.0 Å². The second-order valence-electron chi connectivity index (χ2n) is 5.28. The monoisotopic (exact) mass is 316 g/mol. The minimum atomic E-state index is -0.911. The molecule has 122 valence electrons. The zero-order valence-corrected chi connectivity index (χ0v) is 13.1. The average molecular weight is 316 g/mol. The van der Waals surface area contributed by atoms with Crippen LogP contribution in [0.2, 0.25) is 0 Å². The first-order chi connectivity index (χ1) is 11.1. The molecule has 4 nitrogen and oxygen atoms in total. The Morgan fingerprint density at radius 3 is 2.57 bits per heavy atom. The summed E-state index contributed by atoms with van der Waals surface area (Å²) in [5.74, 6) is -1.18. The van der Waals surface area contributed by atoms with Gasteiger partial charge in [-0.2, -0.15) is 0 Å². The molecule has 5 heteroatoms. The molecule has 0 aliphatic rings. The quantitative estimate of drug-likeness (QED) is 0.786. The molecule has 0 saturated carbocycles. The van der Waals surface area contributed by atoms with E-state index in [0.717, 1.165) is 11.1 Å². The maximum absolute atomic E-state index is 14.2. The van der Waals surface area contributed by atoms with Crippen molar-refractivity contribution in [1.82, 2.24) is 5.32 Å². The number of aliphatic carboxylic acids is 1. The minimum Gasteiger partial charge on any atom is -0.480 e. The standard InChI is InChI=1S/C18H21FN2O2/c1-2-21(13-14-6-4-3-5-7-14)17-10-15(8-9-16(17)19)11-20-12-18(22)23/h3-10,20H,2,11-13H2,1H3,(H,22,23). The SMILES string of the molecule is CCN(Cc1ccccc1)c1cc(CNCC(=O)O)ccc1F. The van der Waals surface area contributed by atoms with Gasteiger partial charge in [-0.15, -0.1) is 0 Å². The summed E-state index contributed by atoms with van der Waals surface area (Å²) in [5.41, 5.74) is 2.50. The summed E-state index contributed by atoms with van der Waals surface area (Å²) in [4.78, 5) is 12.5. The summed E-state index contributed by atoms with van der Waals surface area (Å²) in [6, 6.07) is 14.8. The third-order valence-electron chi connectivity index (χ3n) is 3.55. The van der Waals surface area contributed by atoms with E-state index in [1.54, 1.807) is 12.1 Å². The van der Waals surface area contributed by atoms with Crippen molar-refractivity contribution in [2.75, 3.05) is 18.0 Å². The molecule has 0 amide bonds. The third kappa shape index (κ3) is 5.07. The maximum atomic E-state index is 14.2. The molecular weight excluding hydrogens is 295 g/mol. The van der Waals surface area contributed by atoms with Gasteiger partial charge >= 0.3 is 5.97 Å². The van der Waals surface area contributed by atoms with E-state index in [1.807, 2.05) is 42.2 Å². The molecular formula is C18H21FN2O2. The fourth-order valence-electron chi connectivity index (χ4n) is 2.40. The van der Waals surface area contributed by atoms with Crippen molar-refractivity contribution in [2.24, 2.45) is 0 Å². The van der Waals surface area contributed by atoms with Crippen LogP contribution in [0, 0.1) is 5.82 Å². The normalized spacial score (nSPS) is 10.5. The number of hydrogen-bond acceptors (Lipinski definition) is 3. The maximum Gasteiger partial charge on any atom is 0.317 e. The number of rotatable bonds is 8. The number of benzene rings is 2. The number of nitrogens with zero attached hydrogens (tertiary/aromatic N) is 1. The number of halogens is 1. The first-order valence-corrected chi connectivity index (χ1v) is 7.60. The lowest BCUT2D eigenvalue weighted by molar-refractivity contribution is -0.135. The van der Waals surface area contributed by atoms with Crippen LogP contribution in [-0.2, 0) is 17.9 Å². The molecule has 2 rings (SSSR count). The van der Waals surface area contributed by atoms with Crippen molar-refractivity contribution in [3.8, 4) is 0 Å². The highest BCUT2D eigenvalue weighted by molar-refractivity contribution is 5.69. The van der Waals surface area contributed by atoms with Crippen molar-refractivity contribution >= 4 is 11.7 Å². The Hall–Kier alpha value is -2.40. The fourth-order valence-corrected chi connectivity index (χ4v) is 2.40. The highest BCUT2D eigenvalue weighted by Crippen LogP contribution is 2.23. The summed E-state index contributed by atoms with van der Waals surface area (Å²) >= 11 is 0. The number of carboxylic acid groups (broad SMARTS) is 1. The highest BCUT2D eigenvalue weighted by Gasteiger charge is 2.11. The summed E-state index contributed by atoms with van der Waals surface area (Å²) < 4.78 is 14.2. The van der Waals surface area contributed by atoms with Gasteiger partial charge in [0.25, 0.3) is 0 Å². The third-order valence-corrected chi connectivity index (χ3v) is 3.55. The average Bonchev–Trinajstić information content (AvgIpc) is 2.55. The zero-order valence-electron chi connectivity index (χ0n) is 13.1. The summed E-state index contributed by atoms with van der Waals surface area (Å²) in [7, 11) is 0. The molecule has 0 atom stereocenters. The lowest BCUT2D eigenvalue weighted by Gasteiger charge is -2.24. The van der Waals surface area contributed by atoms with Crippen molar-refractivity contribution in [3.05, 3.63) is 65.5 Å². The molecule has 0 aliphatic carbocycles. The second-order valence-corrected chi connectivity index (χ2v) is 5.28. The fraction of sp³-hybridized carbons (Fsp3) is 0.278. The van der Waals surface area contributed by atoms with Crippen LogP contribution < -0.4 is 10.2 Å². The number of hydrogen-bond donors (Lipinski definition) is 2. The molecule has 2 aromatic rings. The largest absolute Gasteiger partial charge is 0.480 e. The van der Waals surface area contributed by atoms with Gasteiger partial charge in [-0.25, -0.2) is 4.39 Å². The molecule has 0 spiro atoms.